The van der Waals surface area contributed by atoms with Crippen molar-refractivity contribution in [2.75, 3.05) is 5.32 Å². The van der Waals surface area contributed by atoms with E-state index in [0.717, 1.165) is 0 Å². The highest BCUT2D eigenvalue weighted by molar-refractivity contribution is 6.34. The van der Waals surface area contributed by atoms with Crippen LogP contribution in [0.15, 0.2) is 72.8 Å². The minimum absolute atomic E-state index is 0.149. The van der Waals surface area contributed by atoms with Crippen LogP contribution in [0.5, 0.6) is 5.75 Å². The number of esters is 1. The molecule has 7 nitrogen and oxygen atoms in total. The van der Waals surface area contributed by atoms with Crippen LogP contribution in [-0.2, 0) is 0 Å². The summed E-state index contributed by atoms with van der Waals surface area (Å²) in [7, 11) is 0. The summed E-state index contributed by atoms with van der Waals surface area (Å²) in [5.74, 6) is -1.05. The molecule has 8 heteroatoms. The number of anilines is 1. The maximum Gasteiger partial charge on any atom is 0.350 e. The van der Waals surface area contributed by atoms with Crippen molar-refractivity contribution in [2.24, 2.45) is 0 Å². The van der Waals surface area contributed by atoms with Gasteiger partial charge in [0.05, 0.1) is 15.5 Å². The molecule has 0 aromatic heterocycles. The predicted molar refractivity (Wildman–Crippen MR) is 104 cm³/mol. The van der Waals surface area contributed by atoms with Crippen molar-refractivity contribution in [2.45, 2.75) is 0 Å². The van der Waals surface area contributed by atoms with E-state index in [-0.39, 0.29) is 22.9 Å². The topological polar surface area (TPSA) is 98.5 Å². The Bertz CT molecular complexity index is 1050. The molecular formula is C20H13ClN2O5. The summed E-state index contributed by atoms with van der Waals surface area (Å²) in [5.41, 5.74) is 0.311. The fourth-order valence-corrected chi connectivity index (χ4v) is 2.64. The minimum atomic E-state index is -0.847. The largest absolute Gasteiger partial charge is 0.423 e. The first kappa shape index (κ1) is 19.1. The van der Waals surface area contributed by atoms with Crippen molar-refractivity contribution in [1.82, 2.24) is 0 Å². The van der Waals surface area contributed by atoms with Crippen LogP contribution in [0.25, 0.3) is 0 Å². The third-order valence-corrected chi connectivity index (χ3v) is 4.09. The standard InChI is InChI=1S/C20H13ClN2O5/c21-17-7-3-1-5-15(17)19(24)22-13-9-11-14(12-10-13)28-20(25)16-6-2-4-8-18(16)23(26)27/h1-12H,(H,22,24). The first-order valence-corrected chi connectivity index (χ1v) is 8.45. The fraction of sp³-hybridized carbons (Fsp3) is 0. The van der Waals surface area contributed by atoms with Crippen LogP contribution in [-0.4, -0.2) is 16.8 Å². The van der Waals surface area contributed by atoms with Gasteiger partial charge in [-0.1, -0.05) is 35.9 Å². The molecule has 0 radical (unpaired) electrons. The molecule has 3 aromatic carbocycles. The van der Waals surface area contributed by atoms with Crippen molar-refractivity contribution in [1.29, 1.82) is 0 Å². The molecule has 28 heavy (non-hydrogen) atoms. The van der Waals surface area contributed by atoms with E-state index in [4.69, 9.17) is 16.3 Å². The number of nitrogens with one attached hydrogen (secondary N) is 1. The molecular weight excluding hydrogens is 384 g/mol. The molecule has 0 saturated heterocycles. The highest BCUT2D eigenvalue weighted by Gasteiger charge is 2.21. The molecule has 1 N–H and O–H groups in total. The van der Waals surface area contributed by atoms with Gasteiger partial charge < -0.3 is 10.1 Å². The summed E-state index contributed by atoms with van der Waals surface area (Å²) in [6, 6.07) is 18.2. The van der Waals surface area contributed by atoms with Crippen molar-refractivity contribution in [3.63, 3.8) is 0 Å². The van der Waals surface area contributed by atoms with E-state index in [9.17, 15) is 19.7 Å². The maximum absolute atomic E-state index is 12.2. The average Bonchev–Trinajstić information content (AvgIpc) is 2.69. The van der Waals surface area contributed by atoms with Crippen LogP contribution in [0.3, 0.4) is 0 Å². The zero-order valence-corrected chi connectivity index (χ0v) is 15.1. The average molecular weight is 397 g/mol. The van der Waals surface area contributed by atoms with Crippen LogP contribution >= 0.6 is 11.6 Å². The zero-order valence-electron chi connectivity index (χ0n) is 14.3. The monoisotopic (exact) mass is 396 g/mol. The molecule has 3 rings (SSSR count). The summed E-state index contributed by atoms with van der Waals surface area (Å²) in [5, 5.41) is 14.0. The number of nitrogens with zero attached hydrogens (tertiary/aromatic N) is 1. The summed E-state index contributed by atoms with van der Waals surface area (Å²) in [6.45, 7) is 0. The Balaban J connectivity index is 1.70. The number of nitro benzene ring substituents is 1. The van der Waals surface area contributed by atoms with Gasteiger partial charge in [0.15, 0.2) is 0 Å². The summed E-state index contributed by atoms with van der Waals surface area (Å²) in [4.78, 5) is 34.8. The summed E-state index contributed by atoms with van der Waals surface area (Å²) >= 11 is 5.99. The second-order valence-corrected chi connectivity index (χ2v) is 6.03. The van der Waals surface area contributed by atoms with Crippen LogP contribution in [0, 0.1) is 10.1 Å². The molecule has 0 atom stereocenters. The number of para-hydroxylation sites is 1. The van der Waals surface area contributed by atoms with E-state index >= 15 is 0 Å². The molecule has 0 aliphatic carbocycles. The normalized spacial score (nSPS) is 10.2. The Labute approximate surface area is 164 Å². The lowest BCUT2D eigenvalue weighted by Crippen LogP contribution is -2.13. The second-order valence-electron chi connectivity index (χ2n) is 5.62. The van der Waals surface area contributed by atoms with Gasteiger partial charge in [0.25, 0.3) is 11.6 Å². The predicted octanol–water partition coefficient (Wildman–Crippen LogP) is 4.72. The van der Waals surface area contributed by atoms with Gasteiger partial charge in [-0.3, -0.25) is 14.9 Å². The van der Waals surface area contributed by atoms with Gasteiger partial charge in [0.1, 0.15) is 11.3 Å². The van der Waals surface area contributed by atoms with E-state index in [2.05, 4.69) is 5.32 Å². The molecule has 0 spiro atoms. The molecule has 0 aliphatic rings. The molecule has 0 fully saturated rings. The maximum atomic E-state index is 12.2. The van der Waals surface area contributed by atoms with E-state index in [0.29, 0.717) is 16.3 Å². The number of hydrogen-bond acceptors (Lipinski definition) is 5. The van der Waals surface area contributed by atoms with Gasteiger partial charge in [-0.25, -0.2) is 4.79 Å². The number of benzene rings is 3. The highest BCUT2D eigenvalue weighted by atomic mass is 35.5. The molecule has 1 amide bonds. The molecule has 0 bridgehead atoms. The number of hydrogen-bond donors (Lipinski definition) is 1. The molecule has 0 unspecified atom stereocenters. The Morgan fingerprint density at radius 1 is 0.893 bits per heavy atom. The van der Waals surface area contributed by atoms with E-state index in [1.807, 2.05) is 0 Å². The third kappa shape index (κ3) is 4.33. The van der Waals surface area contributed by atoms with Crippen molar-refractivity contribution in [3.05, 3.63) is 99.1 Å². The zero-order chi connectivity index (χ0) is 20.1. The molecule has 3 aromatic rings. The van der Waals surface area contributed by atoms with Crippen molar-refractivity contribution < 1.29 is 19.2 Å². The molecule has 0 aliphatic heterocycles. The Morgan fingerprint density at radius 2 is 1.50 bits per heavy atom. The van der Waals surface area contributed by atoms with Gasteiger partial charge in [-0.05, 0) is 42.5 Å². The summed E-state index contributed by atoms with van der Waals surface area (Å²) < 4.78 is 5.18. The van der Waals surface area contributed by atoms with Crippen LogP contribution < -0.4 is 10.1 Å². The smallest absolute Gasteiger partial charge is 0.350 e. The number of carbonyl (C=O) groups is 2. The lowest BCUT2D eigenvalue weighted by atomic mass is 10.2. The van der Waals surface area contributed by atoms with Crippen LogP contribution in [0.2, 0.25) is 5.02 Å². The number of nitro groups is 1. The number of amides is 1. The Hall–Kier alpha value is -3.71. The van der Waals surface area contributed by atoms with Gasteiger partial charge in [-0.2, -0.15) is 0 Å². The lowest BCUT2D eigenvalue weighted by Gasteiger charge is -2.08. The second kappa shape index (κ2) is 8.32. The minimum Gasteiger partial charge on any atom is -0.423 e. The van der Waals surface area contributed by atoms with Crippen molar-refractivity contribution >= 4 is 34.9 Å². The first-order chi connectivity index (χ1) is 13.5. The van der Waals surface area contributed by atoms with Crippen LogP contribution in [0.1, 0.15) is 20.7 Å². The van der Waals surface area contributed by atoms with Gasteiger partial charge in [-0.15, -0.1) is 0 Å². The van der Waals surface area contributed by atoms with E-state index in [1.54, 1.807) is 24.3 Å². The lowest BCUT2D eigenvalue weighted by molar-refractivity contribution is -0.385. The first-order valence-electron chi connectivity index (χ1n) is 8.07. The number of rotatable bonds is 5. The Kier molecular flexibility index (Phi) is 5.67. The van der Waals surface area contributed by atoms with Crippen LogP contribution in [0.4, 0.5) is 11.4 Å². The highest BCUT2D eigenvalue weighted by Crippen LogP contribution is 2.22. The van der Waals surface area contributed by atoms with Gasteiger partial charge in [0, 0.05) is 11.8 Å². The quantitative estimate of drug-likeness (QED) is 0.291. The molecule has 140 valence electrons. The number of halogens is 1. The molecule has 0 saturated carbocycles. The SMILES string of the molecule is O=C(Nc1ccc(OC(=O)c2ccccc2[N+](=O)[O-])cc1)c1ccccc1Cl. The van der Waals surface area contributed by atoms with Gasteiger partial charge in [0.2, 0.25) is 0 Å². The third-order valence-electron chi connectivity index (χ3n) is 3.76. The molecule has 0 heterocycles. The number of carbonyl (C=O) groups excluding carboxylic acids is 2. The Morgan fingerprint density at radius 3 is 2.14 bits per heavy atom. The van der Waals surface area contributed by atoms with E-state index in [1.165, 1.54) is 48.5 Å². The fourth-order valence-electron chi connectivity index (χ4n) is 2.42. The van der Waals surface area contributed by atoms with Gasteiger partial charge >= 0.3 is 5.97 Å². The van der Waals surface area contributed by atoms with Crippen molar-refractivity contribution in [3.8, 4) is 5.75 Å². The van der Waals surface area contributed by atoms with E-state index < -0.39 is 10.9 Å². The summed E-state index contributed by atoms with van der Waals surface area (Å²) in [6.07, 6.45) is 0. The number of ether oxygens (including phenoxy) is 1.